The molecule has 0 fully saturated rings. The predicted molar refractivity (Wildman–Crippen MR) is 62.9 cm³/mol. The molecule has 0 spiro atoms. The van der Waals surface area contributed by atoms with Crippen LogP contribution >= 0.6 is 23.2 Å². The van der Waals surface area contributed by atoms with E-state index in [0.29, 0.717) is 28.8 Å². The van der Waals surface area contributed by atoms with Crippen LogP contribution in [0, 0.1) is 0 Å². The summed E-state index contributed by atoms with van der Waals surface area (Å²) in [5, 5.41) is 10.2. The Morgan fingerprint density at radius 2 is 2.13 bits per heavy atom. The van der Waals surface area contributed by atoms with Gasteiger partial charge in [-0.2, -0.15) is 0 Å². The molecule has 1 N–H and O–H groups in total. The molecule has 4 heteroatoms. The lowest BCUT2D eigenvalue weighted by Gasteiger charge is -2.11. The van der Waals surface area contributed by atoms with Crippen molar-refractivity contribution >= 4 is 23.2 Å². The van der Waals surface area contributed by atoms with Crippen molar-refractivity contribution in [3.8, 4) is 5.75 Å². The molecule has 0 radical (unpaired) electrons. The Hall–Kier alpha value is -0.440. The summed E-state index contributed by atoms with van der Waals surface area (Å²) in [5.74, 6) is 0.562. The largest absolute Gasteiger partial charge is 0.492 e. The smallest absolute Gasteiger partial charge is 0.139 e. The summed E-state index contributed by atoms with van der Waals surface area (Å²) in [6, 6.07) is 5.24. The van der Waals surface area contributed by atoms with Crippen molar-refractivity contribution in [2.24, 2.45) is 0 Å². The van der Waals surface area contributed by atoms with E-state index >= 15 is 0 Å². The third kappa shape index (κ3) is 3.90. The second-order valence-electron chi connectivity index (χ2n) is 3.25. The van der Waals surface area contributed by atoms with Gasteiger partial charge in [-0.25, -0.2) is 0 Å². The van der Waals surface area contributed by atoms with E-state index in [1.54, 1.807) is 18.2 Å². The Kier molecular flexibility index (Phi) is 5.23. The van der Waals surface area contributed by atoms with Crippen LogP contribution in [-0.4, -0.2) is 17.8 Å². The van der Waals surface area contributed by atoms with E-state index < -0.39 is 0 Å². The first kappa shape index (κ1) is 12.6. The van der Waals surface area contributed by atoms with Crippen LogP contribution in [0.5, 0.6) is 5.75 Å². The van der Waals surface area contributed by atoms with Crippen LogP contribution in [0.2, 0.25) is 10.0 Å². The number of aliphatic hydroxyl groups excluding tert-OH is 1. The van der Waals surface area contributed by atoms with Crippen molar-refractivity contribution in [2.75, 3.05) is 6.61 Å². The lowest BCUT2D eigenvalue weighted by Crippen LogP contribution is -2.10. The topological polar surface area (TPSA) is 29.5 Å². The second-order valence-corrected chi connectivity index (χ2v) is 4.04. The zero-order valence-corrected chi connectivity index (χ0v) is 10.1. The van der Waals surface area contributed by atoms with Crippen LogP contribution in [-0.2, 0) is 0 Å². The van der Waals surface area contributed by atoms with Crippen LogP contribution in [0.15, 0.2) is 18.2 Å². The van der Waals surface area contributed by atoms with Gasteiger partial charge in [-0.05, 0) is 18.6 Å². The molecule has 0 aliphatic heterocycles. The molecule has 1 unspecified atom stereocenters. The molecular formula is C11H14Cl2O2. The third-order valence-electron chi connectivity index (χ3n) is 2.10. The summed E-state index contributed by atoms with van der Waals surface area (Å²) in [6.45, 7) is 2.37. The van der Waals surface area contributed by atoms with E-state index in [1.165, 1.54) is 0 Å². The van der Waals surface area contributed by atoms with Gasteiger partial charge in [-0.1, -0.05) is 36.2 Å². The van der Waals surface area contributed by atoms with Crippen molar-refractivity contribution in [1.82, 2.24) is 0 Å². The maximum atomic E-state index is 9.32. The number of ether oxygens (including phenoxy) is 1. The summed E-state index contributed by atoms with van der Waals surface area (Å²) in [6.07, 6.45) is 1.01. The first-order valence-corrected chi connectivity index (χ1v) is 5.65. The number of rotatable bonds is 5. The first-order valence-electron chi connectivity index (χ1n) is 4.90. The molecule has 2 nitrogen and oxygen atoms in total. The van der Waals surface area contributed by atoms with Crippen LogP contribution < -0.4 is 4.74 Å². The molecule has 15 heavy (non-hydrogen) atoms. The zero-order valence-electron chi connectivity index (χ0n) is 8.54. The minimum atomic E-state index is -0.317. The zero-order chi connectivity index (χ0) is 11.3. The van der Waals surface area contributed by atoms with Gasteiger partial charge >= 0.3 is 0 Å². The van der Waals surface area contributed by atoms with E-state index in [1.807, 2.05) is 6.92 Å². The molecule has 0 aliphatic carbocycles. The van der Waals surface area contributed by atoms with Gasteiger partial charge in [-0.15, -0.1) is 0 Å². The predicted octanol–water partition coefficient (Wildman–Crippen LogP) is 3.53. The highest BCUT2D eigenvalue weighted by Gasteiger charge is 2.06. The van der Waals surface area contributed by atoms with E-state index in [9.17, 15) is 5.11 Å². The van der Waals surface area contributed by atoms with Gasteiger partial charge in [0.2, 0.25) is 0 Å². The summed E-state index contributed by atoms with van der Waals surface area (Å²) in [5.41, 5.74) is 0. The Bertz CT molecular complexity index is 315. The third-order valence-corrected chi connectivity index (χ3v) is 2.90. The highest BCUT2D eigenvalue weighted by Crippen LogP contribution is 2.31. The number of aliphatic hydroxyl groups is 1. The minimum Gasteiger partial charge on any atom is -0.492 e. The van der Waals surface area contributed by atoms with Crippen LogP contribution in [0.25, 0.3) is 0 Å². The SMILES string of the molecule is CCC(O)CCOc1cccc(Cl)c1Cl. The standard InChI is InChI=1S/C11H14Cl2O2/c1-2-8(14)6-7-15-10-5-3-4-9(12)11(10)13/h3-5,8,14H,2,6-7H2,1H3. The van der Waals surface area contributed by atoms with Crippen LogP contribution in [0.1, 0.15) is 19.8 Å². The van der Waals surface area contributed by atoms with E-state index in [2.05, 4.69) is 0 Å². The van der Waals surface area contributed by atoms with Crippen molar-refractivity contribution < 1.29 is 9.84 Å². The molecule has 0 aromatic heterocycles. The number of halogens is 2. The molecule has 0 heterocycles. The molecule has 0 bridgehead atoms. The highest BCUT2D eigenvalue weighted by atomic mass is 35.5. The van der Waals surface area contributed by atoms with Crippen LogP contribution in [0.3, 0.4) is 0 Å². The average Bonchev–Trinajstić information content (AvgIpc) is 2.24. The monoisotopic (exact) mass is 248 g/mol. The molecular weight excluding hydrogens is 235 g/mol. The quantitative estimate of drug-likeness (QED) is 0.864. The fourth-order valence-corrected chi connectivity index (χ4v) is 1.45. The second kappa shape index (κ2) is 6.21. The number of hydrogen-bond acceptors (Lipinski definition) is 2. The highest BCUT2D eigenvalue weighted by molar-refractivity contribution is 6.42. The Labute approximate surface area is 99.8 Å². The van der Waals surface area contributed by atoms with Gasteiger partial charge < -0.3 is 9.84 Å². The van der Waals surface area contributed by atoms with Crippen molar-refractivity contribution in [3.05, 3.63) is 28.2 Å². The van der Waals surface area contributed by atoms with Crippen LogP contribution in [0.4, 0.5) is 0 Å². The summed E-state index contributed by atoms with van der Waals surface area (Å²) in [7, 11) is 0. The van der Waals surface area contributed by atoms with Gasteiger partial charge in [0, 0.05) is 6.42 Å². The first-order chi connectivity index (χ1) is 7.15. The average molecular weight is 249 g/mol. The molecule has 0 aliphatic rings. The normalized spacial score (nSPS) is 12.5. The van der Waals surface area contributed by atoms with Gasteiger partial charge in [0.05, 0.1) is 17.7 Å². The summed E-state index contributed by atoms with van der Waals surface area (Å²) < 4.78 is 5.41. The maximum Gasteiger partial charge on any atom is 0.139 e. The maximum absolute atomic E-state index is 9.32. The van der Waals surface area contributed by atoms with Crippen molar-refractivity contribution in [1.29, 1.82) is 0 Å². The summed E-state index contributed by atoms with van der Waals surface area (Å²) in [4.78, 5) is 0. The Balaban J connectivity index is 2.47. The van der Waals surface area contributed by atoms with Gasteiger partial charge in [0.15, 0.2) is 0 Å². The molecule has 1 aromatic carbocycles. The molecule has 0 saturated carbocycles. The number of hydrogen-bond donors (Lipinski definition) is 1. The van der Waals surface area contributed by atoms with Crippen molar-refractivity contribution in [3.63, 3.8) is 0 Å². The van der Waals surface area contributed by atoms with Crippen molar-refractivity contribution in [2.45, 2.75) is 25.9 Å². The summed E-state index contributed by atoms with van der Waals surface area (Å²) >= 11 is 11.7. The van der Waals surface area contributed by atoms with E-state index in [4.69, 9.17) is 27.9 Å². The molecule has 0 saturated heterocycles. The minimum absolute atomic E-state index is 0.317. The molecule has 1 rings (SSSR count). The Morgan fingerprint density at radius 3 is 2.80 bits per heavy atom. The fourth-order valence-electron chi connectivity index (χ4n) is 1.10. The Morgan fingerprint density at radius 1 is 1.40 bits per heavy atom. The lowest BCUT2D eigenvalue weighted by atomic mass is 10.2. The fraction of sp³-hybridized carbons (Fsp3) is 0.455. The van der Waals surface area contributed by atoms with Gasteiger partial charge in [0.25, 0.3) is 0 Å². The molecule has 84 valence electrons. The lowest BCUT2D eigenvalue weighted by molar-refractivity contribution is 0.135. The molecule has 0 amide bonds. The molecule has 1 aromatic rings. The van der Waals surface area contributed by atoms with E-state index in [-0.39, 0.29) is 6.10 Å². The van der Waals surface area contributed by atoms with E-state index in [0.717, 1.165) is 6.42 Å². The molecule has 1 atom stereocenters. The number of benzene rings is 1. The van der Waals surface area contributed by atoms with Gasteiger partial charge in [-0.3, -0.25) is 0 Å². The van der Waals surface area contributed by atoms with Gasteiger partial charge in [0.1, 0.15) is 10.8 Å².